The van der Waals surface area contributed by atoms with Gasteiger partial charge in [0.15, 0.2) is 0 Å². The normalized spacial score (nSPS) is 20.1. The molecule has 1 aliphatic rings. The summed E-state index contributed by atoms with van der Waals surface area (Å²) in [6.07, 6.45) is 5.78. The first-order valence-corrected chi connectivity index (χ1v) is 7.20. The summed E-state index contributed by atoms with van der Waals surface area (Å²) in [7, 11) is 0. The van der Waals surface area contributed by atoms with Gasteiger partial charge in [-0.3, -0.25) is 5.10 Å². The zero-order chi connectivity index (χ0) is 12.8. The summed E-state index contributed by atoms with van der Waals surface area (Å²) in [6, 6.07) is 2.40. The molecule has 1 aliphatic heterocycles. The summed E-state index contributed by atoms with van der Waals surface area (Å²) in [5, 5.41) is 10.5. The Bertz CT molecular complexity index is 315. The quantitative estimate of drug-likeness (QED) is 0.761. The molecule has 4 nitrogen and oxygen atoms in total. The van der Waals surface area contributed by atoms with Crippen LogP contribution in [-0.2, 0) is 0 Å². The standard InChI is InChI=1S/C14H26N4/c1-12-5-10-18(11-6-12)9-3-7-15-13(2)14-4-8-16-17-14/h4,8,12-13,15H,3,5-7,9-11H2,1-2H3,(H,16,17). The van der Waals surface area contributed by atoms with Gasteiger partial charge >= 0.3 is 0 Å². The molecule has 1 unspecified atom stereocenters. The summed E-state index contributed by atoms with van der Waals surface area (Å²) in [5.41, 5.74) is 1.17. The van der Waals surface area contributed by atoms with Gasteiger partial charge in [-0.2, -0.15) is 5.10 Å². The Hall–Kier alpha value is -0.870. The van der Waals surface area contributed by atoms with Crippen molar-refractivity contribution in [3.63, 3.8) is 0 Å². The van der Waals surface area contributed by atoms with Crippen LogP contribution in [0.15, 0.2) is 12.3 Å². The van der Waals surface area contributed by atoms with Crippen LogP contribution < -0.4 is 5.32 Å². The zero-order valence-corrected chi connectivity index (χ0v) is 11.7. The molecule has 0 bridgehead atoms. The van der Waals surface area contributed by atoms with E-state index in [-0.39, 0.29) is 0 Å². The van der Waals surface area contributed by atoms with Crippen LogP contribution in [-0.4, -0.2) is 41.3 Å². The maximum absolute atomic E-state index is 3.98. The van der Waals surface area contributed by atoms with Crippen molar-refractivity contribution in [1.29, 1.82) is 0 Å². The first kappa shape index (κ1) is 13.6. The van der Waals surface area contributed by atoms with Crippen molar-refractivity contribution >= 4 is 0 Å². The van der Waals surface area contributed by atoms with Gasteiger partial charge in [0.25, 0.3) is 0 Å². The first-order chi connectivity index (χ1) is 8.75. The lowest BCUT2D eigenvalue weighted by Crippen LogP contribution is -2.35. The molecule has 2 rings (SSSR count). The maximum Gasteiger partial charge on any atom is 0.0518 e. The Labute approximate surface area is 110 Å². The second kappa shape index (κ2) is 6.90. The summed E-state index contributed by atoms with van der Waals surface area (Å²) < 4.78 is 0. The van der Waals surface area contributed by atoms with Gasteiger partial charge in [-0.05, 0) is 64.3 Å². The van der Waals surface area contributed by atoms with E-state index in [4.69, 9.17) is 0 Å². The molecule has 2 N–H and O–H groups in total. The molecular formula is C14H26N4. The highest BCUT2D eigenvalue weighted by Gasteiger charge is 2.14. The molecule has 0 aromatic carbocycles. The van der Waals surface area contributed by atoms with Gasteiger partial charge in [0, 0.05) is 12.2 Å². The molecule has 2 heterocycles. The lowest BCUT2D eigenvalue weighted by atomic mass is 9.99. The average molecular weight is 250 g/mol. The van der Waals surface area contributed by atoms with E-state index in [2.05, 4.69) is 34.3 Å². The molecule has 4 heteroatoms. The fourth-order valence-electron chi connectivity index (χ4n) is 2.52. The van der Waals surface area contributed by atoms with Crippen LogP contribution in [0.3, 0.4) is 0 Å². The number of hydrogen-bond donors (Lipinski definition) is 2. The molecule has 1 aromatic heterocycles. The van der Waals surface area contributed by atoms with Gasteiger partial charge in [-0.1, -0.05) is 6.92 Å². The van der Waals surface area contributed by atoms with Gasteiger partial charge in [0.1, 0.15) is 0 Å². The number of H-pyrrole nitrogens is 1. The third-order valence-corrected chi connectivity index (χ3v) is 3.97. The fraction of sp³-hybridized carbons (Fsp3) is 0.786. The predicted octanol–water partition coefficient (Wildman–Crippen LogP) is 2.18. The molecule has 0 spiro atoms. The summed E-state index contributed by atoms with van der Waals surface area (Å²) in [5.74, 6) is 0.930. The van der Waals surface area contributed by atoms with Crippen molar-refractivity contribution in [1.82, 2.24) is 20.4 Å². The van der Waals surface area contributed by atoms with E-state index in [1.54, 1.807) is 0 Å². The largest absolute Gasteiger partial charge is 0.309 e. The van der Waals surface area contributed by atoms with Crippen LogP contribution in [0, 0.1) is 5.92 Å². The van der Waals surface area contributed by atoms with E-state index in [1.165, 1.54) is 44.6 Å². The summed E-state index contributed by atoms with van der Waals surface area (Å²) >= 11 is 0. The molecular weight excluding hydrogens is 224 g/mol. The molecule has 18 heavy (non-hydrogen) atoms. The van der Waals surface area contributed by atoms with E-state index in [0.29, 0.717) is 6.04 Å². The molecule has 102 valence electrons. The maximum atomic E-state index is 3.98. The van der Waals surface area contributed by atoms with Crippen LogP contribution in [0.25, 0.3) is 0 Å². The van der Waals surface area contributed by atoms with Crippen molar-refractivity contribution in [2.24, 2.45) is 5.92 Å². The Morgan fingerprint density at radius 3 is 2.94 bits per heavy atom. The lowest BCUT2D eigenvalue weighted by molar-refractivity contribution is 0.190. The Morgan fingerprint density at radius 1 is 1.50 bits per heavy atom. The van der Waals surface area contributed by atoms with Crippen LogP contribution in [0.5, 0.6) is 0 Å². The number of piperidine rings is 1. The number of aromatic amines is 1. The highest BCUT2D eigenvalue weighted by atomic mass is 15.1. The number of aromatic nitrogens is 2. The molecule has 0 aliphatic carbocycles. The zero-order valence-electron chi connectivity index (χ0n) is 11.7. The van der Waals surface area contributed by atoms with E-state index in [0.717, 1.165) is 12.5 Å². The Morgan fingerprint density at radius 2 is 2.28 bits per heavy atom. The topological polar surface area (TPSA) is 44.0 Å². The van der Waals surface area contributed by atoms with Crippen molar-refractivity contribution in [2.45, 2.75) is 39.2 Å². The molecule has 1 fully saturated rings. The minimum atomic E-state index is 0.369. The molecule has 0 radical (unpaired) electrons. The minimum Gasteiger partial charge on any atom is -0.309 e. The van der Waals surface area contributed by atoms with Crippen molar-refractivity contribution in [2.75, 3.05) is 26.2 Å². The minimum absolute atomic E-state index is 0.369. The van der Waals surface area contributed by atoms with E-state index >= 15 is 0 Å². The van der Waals surface area contributed by atoms with Gasteiger partial charge in [-0.15, -0.1) is 0 Å². The molecule has 0 saturated carbocycles. The van der Waals surface area contributed by atoms with E-state index < -0.39 is 0 Å². The van der Waals surface area contributed by atoms with Gasteiger partial charge < -0.3 is 10.2 Å². The van der Waals surface area contributed by atoms with Crippen molar-refractivity contribution in [3.8, 4) is 0 Å². The SMILES string of the molecule is CC1CCN(CCCNC(C)c2ccn[nH]2)CC1. The average Bonchev–Trinajstić information content (AvgIpc) is 2.90. The second-order valence-corrected chi connectivity index (χ2v) is 5.57. The predicted molar refractivity (Wildman–Crippen MR) is 74.5 cm³/mol. The molecule has 1 atom stereocenters. The summed E-state index contributed by atoms with van der Waals surface area (Å²) in [4.78, 5) is 2.60. The highest BCUT2D eigenvalue weighted by Crippen LogP contribution is 2.15. The second-order valence-electron chi connectivity index (χ2n) is 5.57. The third kappa shape index (κ3) is 4.10. The van der Waals surface area contributed by atoms with Crippen LogP contribution in [0.4, 0.5) is 0 Å². The van der Waals surface area contributed by atoms with Gasteiger partial charge in [0.05, 0.1) is 5.69 Å². The fourth-order valence-corrected chi connectivity index (χ4v) is 2.52. The number of nitrogens with zero attached hydrogens (tertiary/aromatic N) is 2. The van der Waals surface area contributed by atoms with E-state index in [1.807, 2.05) is 12.3 Å². The molecule has 1 aromatic rings. The molecule has 1 saturated heterocycles. The number of rotatable bonds is 6. The van der Waals surface area contributed by atoms with Gasteiger partial charge in [-0.25, -0.2) is 0 Å². The monoisotopic (exact) mass is 250 g/mol. The smallest absolute Gasteiger partial charge is 0.0518 e. The third-order valence-electron chi connectivity index (χ3n) is 3.97. The van der Waals surface area contributed by atoms with E-state index in [9.17, 15) is 0 Å². The lowest BCUT2D eigenvalue weighted by Gasteiger charge is -2.30. The molecule has 0 amide bonds. The Balaban J connectivity index is 1.56. The van der Waals surface area contributed by atoms with Crippen molar-refractivity contribution in [3.05, 3.63) is 18.0 Å². The summed E-state index contributed by atoms with van der Waals surface area (Å²) in [6.45, 7) is 9.43. The highest BCUT2D eigenvalue weighted by molar-refractivity contribution is 5.02. The first-order valence-electron chi connectivity index (χ1n) is 7.20. The van der Waals surface area contributed by atoms with Crippen molar-refractivity contribution < 1.29 is 0 Å². The number of likely N-dealkylation sites (tertiary alicyclic amines) is 1. The van der Waals surface area contributed by atoms with Crippen LogP contribution in [0.1, 0.15) is 44.8 Å². The van der Waals surface area contributed by atoms with Crippen LogP contribution >= 0.6 is 0 Å². The Kier molecular flexibility index (Phi) is 5.20. The number of hydrogen-bond acceptors (Lipinski definition) is 3. The van der Waals surface area contributed by atoms with Crippen LogP contribution in [0.2, 0.25) is 0 Å². The van der Waals surface area contributed by atoms with Gasteiger partial charge in [0.2, 0.25) is 0 Å². The number of nitrogens with one attached hydrogen (secondary N) is 2.